The van der Waals surface area contributed by atoms with Gasteiger partial charge < -0.3 is 20.9 Å². The molecule has 4 N–H and O–H groups in total. The van der Waals surface area contributed by atoms with E-state index in [-0.39, 0.29) is 18.1 Å². The van der Waals surface area contributed by atoms with Crippen molar-refractivity contribution in [2.75, 3.05) is 13.2 Å². The first-order chi connectivity index (χ1) is 16.6. The number of allylic oxidation sites excluding steroid dienone is 1. The van der Waals surface area contributed by atoms with Crippen LogP contribution in [-0.4, -0.2) is 36.5 Å². The molecule has 4 rings (SSSR count). The highest BCUT2D eigenvalue weighted by Gasteiger charge is 2.61. The number of alkyl carbamates (subject to hydrolysis) is 1. The van der Waals surface area contributed by atoms with Gasteiger partial charge in [-0.1, -0.05) is 65.5 Å². The summed E-state index contributed by atoms with van der Waals surface area (Å²) >= 11 is 0. The fraction of sp³-hybridized carbons (Fsp3) is 0.900. The minimum atomic E-state index is -0.401. The molecule has 9 atom stereocenters. The zero-order valence-electron chi connectivity index (χ0n) is 23.0. The van der Waals surface area contributed by atoms with Gasteiger partial charge in [0.1, 0.15) is 6.61 Å². The molecule has 0 radical (unpaired) electrons. The van der Waals surface area contributed by atoms with E-state index in [0.29, 0.717) is 30.2 Å². The molecule has 0 aliphatic heterocycles. The zero-order valence-corrected chi connectivity index (χ0v) is 23.0. The molecule has 0 aromatic rings. The summed E-state index contributed by atoms with van der Waals surface area (Å²) in [5.74, 6) is 4.45. The Morgan fingerprint density at radius 3 is 2.69 bits per heavy atom. The van der Waals surface area contributed by atoms with Crippen molar-refractivity contribution >= 4 is 6.09 Å². The van der Waals surface area contributed by atoms with E-state index in [1.54, 1.807) is 0 Å². The van der Waals surface area contributed by atoms with Gasteiger partial charge in [0.15, 0.2) is 0 Å². The summed E-state index contributed by atoms with van der Waals surface area (Å²) in [5, 5.41) is 13.8. The van der Waals surface area contributed by atoms with Gasteiger partial charge in [-0.2, -0.15) is 0 Å². The molecule has 1 unspecified atom stereocenters. The highest BCUT2D eigenvalue weighted by atomic mass is 16.5. The number of hydrogen-bond acceptors (Lipinski definition) is 4. The first kappa shape index (κ1) is 27.0. The number of aliphatic hydroxyl groups excluding tert-OH is 1. The molecule has 35 heavy (non-hydrogen) atoms. The summed E-state index contributed by atoms with van der Waals surface area (Å²) in [6, 6.07) is -0.0907. The number of aliphatic hydroxyl groups is 1. The maximum atomic E-state index is 12.5. The summed E-state index contributed by atoms with van der Waals surface area (Å²) in [7, 11) is 0. The summed E-state index contributed by atoms with van der Waals surface area (Å²) in [6.07, 6.45) is 13.5. The number of hydrogen-bond donors (Lipinski definition) is 3. The van der Waals surface area contributed by atoms with Gasteiger partial charge in [0.25, 0.3) is 0 Å². The number of nitrogens with one attached hydrogen (secondary N) is 1. The largest absolute Gasteiger partial charge is 0.448 e. The fourth-order valence-electron chi connectivity index (χ4n) is 9.31. The van der Waals surface area contributed by atoms with Crippen molar-refractivity contribution in [2.24, 2.45) is 52.1 Å². The molecule has 5 nitrogen and oxygen atoms in total. The van der Waals surface area contributed by atoms with Crippen LogP contribution in [0.2, 0.25) is 0 Å². The molecule has 0 bridgehead atoms. The first-order valence-electron chi connectivity index (χ1n) is 14.6. The van der Waals surface area contributed by atoms with Crippen LogP contribution in [0.15, 0.2) is 11.6 Å². The molecule has 200 valence electrons. The molecule has 0 heterocycles. The van der Waals surface area contributed by atoms with Crippen LogP contribution in [-0.2, 0) is 4.74 Å². The summed E-state index contributed by atoms with van der Waals surface area (Å²) in [6.45, 7) is 12.8. The van der Waals surface area contributed by atoms with Gasteiger partial charge in [-0.25, -0.2) is 4.79 Å². The molecule has 1 amide bonds. The predicted molar refractivity (Wildman–Crippen MR) is 142 cm³/mol. The second kappa shape index (κ2) is 10.7. The van der Waals surface area contributed by atoms with E-state index >= 15 is 0 Å². The molecule has 5 heteroatoms. The summed E-state index contributed by atoms with van der Waals surface area (Å²) in [4.78, 5) is 12.5. The van der Waals surface area contributed by atoms with Gasteiger partial charge in [0, 0.05) is 18.0 Å². The number of carbonyl (C=O) groups is 1. The van der Waals surface area contributed by atoms with Crippen molar-refractivity contribution in [3.63, 3.8) is 0 Å². The topological polar surface area (TPSA) is 84.6 Å². The van der Waals surface area contributed by atoms with E-state index in [4.69, 9.17) is 10.5 Å². The summed E-state index contributed by atoms with van der Waals surface area (Å²) in [5.41, 5.74) is 7.23. The molecule has 4 aliphatic carbocycles. The van der Waals surface area contributed by atoms with Gasteiger partial charge in [-0.15, -0.1) is 0 Å². The molecular formula is C30H52N2O3. The Hall–Kier alpha value is -1.07. The van der Waals surface area contributed by atoms with Crippen molar-refractivity contribution in [1.29, 1.82) is 0 Å². The van der Waals surface area contributed by atoms with E-state index in [0.717, 1.165) is 36.5 Å². The quantitative estimate of drug-likeness (QED) is 0.363. The Balaban J connectivity index is 1.52. The van der Waals surface area contributed by atoms with E-state index in [1.165, 1.54) is 50.5 Å². The molecule has 0 aromatic carbocycles. The van der Waals surface area contributed by atoms with Crippen molar-refractivity contribution < 1.29 is 14.6 Å². The van der Waals surface area contributed by atoms with E-state index < -0.39 is 12.2 Å². The van der Waals surface area contributed by atoms with Crippen molar-refractivity contribution in [3.8, 4) is 0 Å². The Bertz CT molecular complexity index is 782. The van der Waals surface area contributed by atoms with Crippen LogP contribution in [0.5, 0.6) is 0 Å². The molecule has 3 fully saturated rings. The average molecular weight is 489 g/mol. The van der Waals surface area contributed by atoms with Crippen molar-refractivity contribution in [1.82, 2.24) is 5.32 Å². The number of amides is 1. The lowest BCUT2D eigenvalue weighted by Gasteiger charge is -2.60. The van der Waals surface area contributed by atoms with Crippen molar-refractivity contribution in [3.05, 3.63) is 11.6 Å². The lowest BCUT2D eigenvalue weighted by atomic mass is 9.46. The normalized spacial score (nSPS) is 41.4. The van der Waals surface area contributed by atoms with E-state index in [1.807, 2.05) is 0 Å². The highest BCUT2D eigenvalue weighted by molar-refractivity contribution is 5.68. The number of fused-ring (bicyclic) bond motifs is 5. The third-order valence-electron chi connectivity index (χ3n) is 11.1. The average Bonchev–Trinajstić information content (AvgIpc) is 3.15. The lowest BCUT2D eigenvalue weighted by Crippen LogP contribution is -2.60. The number of carbonyl (C=O) groups excluding carboxylic acids is 1. The number of nitrogens with two attached hydrogens (primary N) is 1. The smallest absolute Gasteiger partial charge is 0.407 e. The zero-order chi connectivity index (χ0) is 25.4. The second-order valence-corrected chi connectivity index (χ2v) is 13.4. The van der Waals surface area contributed by atoms with Crippen LogP contribution < -0.4 is 11.1 Å². The Kier molecular flexibility index (Phi) is 8.27. The van der Waals surface area contributed by atoms with E-state index in [2.05, 4.69) is 46.0 Å². The predicted octanol–water partition coefficient (Wildman–Crippen LogP) is 6.05. The van der Waals surface area contributed by atoms with Crippen molar-refractivity contribution in [2.45, 2.75) is 111 Å². The number of rotatable bonds is 8. The minimum Gasteiger partial charge on any atom is -0.448 e. The first-order valence-corrected chi connectivity index (χ1v) is 14.6. The van der Waals surface area contributed by atoms with Gasteiger partial charge >= 0.3 is 6.09 Å². The second-order valence-electron chi connectivity index (χ2n) is 13.4. The summed E-state index contributed by atoms with van der Waals surface area (Å²) < 4.78 is 5.29. The van der Waals surface area contributed by atoms with Gasteiger partial charge in [-0.05, 0) is 85.9 Å². The molecule has 0 aromatic heterocycles. The van der Waals surface area contributed by atoms with E-state index in [9.17, 15) is 9.90 Å². The molecule has 0 spiro atoms. The van der Waals surface area contributed by atoms with Crippen LogP contribution in [0, 0.1) is 46.3 Å². The number of ether oxygens (including phenoxy) is 1. The van der Waals surface area contributed by atoms with Gasteiger partial charge in [0.05, 0.1) is 6.10 Å². The maximum absolute atomic E-state index is 12.5. The third-order valence-corrected chi connectivity index (χ3v) is 11.1. The van der Waals surface area contributed by atoms with Crippen LogP contribution >= 0.6 is 0 Å². The molecular weight excluding hydrogens is 436 g/mol. The fourth-order valence-corrected chi connectivity index (χ4v) is 9.31. The van der Waals surface area contributed by atoms with Gasteiger partial charge in [-0.3, -0.25) is 0 Å². The third kappa shape index (κ3) is 5.06. The van der Waals surface area contributed by atoms with Crippen LogP contribution in [0.1, 0.15) is 98.8 Å². The highest BCUT2D eigenvalue weighted by Crippen LogP contribution is 2.67. The van der Waals surface area contributed by atoms with Crippen LogP contribution in [0.3, 0.4) is 0 Å². The molecule has 0 saturated heterocycles. The minimum absolute atomic E-state index is 0.0907. The Morgan fingerprint density at radius 2 is 1.97 bits per heavy atom. The maximum Gasteiger partial charge on any atom is 0.407 e. The molecule has 3 saturated carbocycles. The SMILES string of the molecule is CC(C)CCC[C@@H](C)[C@H]1CC[C@H]2[C@@H]3CC=C4C[C@H](O)CC(NC(=O)OCCN)[C@]4(C)[C@H]3CC[C@]12C. The van der Waals surface area contributed by atoms with Gasteiger partial charge in [0.2, 0.25) is 0 Å². The Labute approximate surface area is 214 Å². The monoisotopic (exact) mass is 488 g/mol. The Morgan fingerprint density at radius 1 is 1.20 bits per heavy atom. The van der Waals surface area contributed by atoms with Crippen LogP contribution in [0.25, 0.3) is 0 Å². The van der Waals surface area contributed by atoms with Crippen LogP contribution in [0.4, 0.5) is 4.79 Å². The standard InChI is InChI=1S/C30H52N2O3/c1-19(2)7-6-8-20(3)24-11-12-25-23-10-9-21-17-22(33)18-27(32-28(34)35-16-15-31)30(21,5)26(23)13-14-29(24,25)4/h9,19-20,22-27,33H,6-8,10-18,31H2,1-5H3,(H,32,34)/t20-,22+,23+,24-,25+,26+,27?,29-,30+/m1/s1. The molecule has 4 aliphatic rings. The lowest BCUT2D eigenvalue weighted by molar-refractivity contribution is -0.0682.